The van der Waals surface area contributed by atoms with Gasteiger partial charge in [0.05, 0.1) is 7.11 Å². The molecule has 0 saturated heterocycles. The number of aromatic nitrogens is 2. The van der Waals surface area contributed by atoms with Crippen LogP contribution in [0.25, 0.3) is 0 Å². The normalized spacial score (nSPS) is 12.5. The van der Waals surface area contributed by atoms with Gasteiger partial charge >= 0.3 is 5.97 Å². The minimum atomic E-state index is -0.275. The van der Waals surface area contributed by atoms with E-state index in [0.717, 1.165) is 16.5 Å². The maximum atomic E-state index is 11.6. The third kappa shape index (κ3) is 6.02. The van der Waals surface area contributed by atoms with Crippen LogP contribution in [0.15, 0.2) is 17.6 Å². The van der Waals surface area contributed by atoms with Gasteiger partial charge in [-0.25, -0.2) is 9.97 Å². The predicted octanol–water partition coefficient (Wildman–Crippen LogP) is 1.81. The van der Waals surface area contributed by atoms with E-state index in [1.54, 1.807) is 24.2 Å². The summed E-state index contributed by atoms with van der Waals surface area (Å²) in [6, 6.07) is -0.0346. The Morgan fingerprint density at radius 3 is 2.58 bits per heavy atom. The molecule has 0 saturated carbocycles. The molecule has 1 atom stereocenters. The molecule has 1 rings (SSSR count). The fourth-order valence-electron chi connectivity index (χ4n) is 1.54. The molecule has 0 fully saturated rings. The Morgan fingerprint density at radius 2 is 2.05 bits per heavy atom. The van der Waals surface area contributed by atoms with Gasteiger partial charge in [-0.3, -0.25) is 4.79 Å². The van der Waals surface area contributed by atoms with Crippen LogP contribution in [-0.4, -0.2) is 40.9 Å². The summed E-state index contributed by atoms with van der Waals surface area (Å²) < 4.78 is 4.79. The van der Waals surface area contributed by atoms with Crippen LogP contribution in [0.4, 0.5) is 0 Å². The number of aryl methyl sites for hydroxylation is 1. The third-order valence-corrected chi connectivity index (χ3v) is 3.32. The SMILES string of the molecule is COC(=O)C(CCSc1ncc(C)cn1)NC(C)C. The van der Waals surface area contributed by atoms with Crippen LogP contribution < -0.4 is 5.32 Å². The summed E-state index contributed by atoms with van der Waals surface area (Å²) in [5.74, 6) is 0.543. The molecular weight excluding hydrogens is 262 g/mol. The minimum absolute atomic E-state index is 0.223. The third-order valence-electron chi connectivity index (χ3n) is 2.42. The summed E-state index contributed by atoms with van der Waals surface area (Å²) in [7, 11) is 1.41. The van der Waals surface area contributed by atoms with E-state index in [1.807, 2.05) is 20.8 Å². The van der Waals surface area contributed by atoms with Crippen LogP contribution in [0.3, 0.4) is 0 Å². The van der Waals surface area contributed by atoms with Gasteiger partial charge in [-0.15, -0.1) is 0 Å². The van der Waals surface area contributed by atoms with E-state index in [-0.39, 0.29) is 18.1 Å². The molecule has 1 aromatic rings. The lowest BCUT2D eigenvalue weighted by atomic mass is 10.2. The maximum absolute atomic E-state index is 11.6. The molecular formula is C13H21N3O2S. The van der Waals surface area contributed by atoms with Crippen molar-refractivity contribution in [3.8, 4) is 0 Å². The first-order valence-electron chi connectivity index (χ1n) is 6.28. The molecule has 1 unspecified atom stereocenters. The van der Waals surface area contributed by atoms with Gasteiger partial charge in [0.1, 0.15) is 6.04 Å². The van der Waals surface area contributed by atoms with Gasteiger partial charge < -0.3 is 10.1 Å². The van der Waals surface area contributed by atoms with Crippen molar-refractivity contribution in [3.05, 3.63) is 18.0 Å². The number of thioether (sulfide) groups is 1. The van der Waals surface area contributed by atoms with Gasteiger partial charge in [0, 0.05) is 24.2 Å². The van der Waals surface area contributed by atoms with E-state index in [2.05, 4.69) is 15.3 Å². The lowest BCUT2D eigenvalue weighted by Gasteiger charge is -2.18. The fourth-order valence-corrected chi connectivity index (χ4v) is 2.33. The van der Waals surface area contributed by atoms with Crippen molar-refractivity contribution < 1.29 is 9.53 Å². The summed E-state index contributed by atoms with van der Waals surface area (Å²) in [5.41, 5.74) is 1.04. The van der Waals surface area contributed by atoms with Gasteiger partial charge in [0.2, 0.25) is 0 Å². The van der Waals surface area contributed by atoms with Gasteiger partial charge in [-0.1, -0.05) is 25.6 Å². The van der Waals surface area contributed by atoms with Gasteiger partial charge in [0.15, 0.2) is 5.16 Å². The number of esters is 1. The van der Waals surface area contributed by atoms with E-state index in [0.29, 0.717) is 6.42 Å². The molecule has 19 heavy (non-hydrogen) atoms. The molecule has 0 amide bonds. The van der Waals surface area contributed by atoms with E-state index < -0.39 is 0 Å². The topological polar surface area (TPSA) is 64.1 Å². The van der Waals surface area contributed by atoms with Gasteiger partial charge in [0.25, 0.3) is 0 Å². The molecule has 1 aromatic heterocycles. The number of rotatable bonds is 7. The molecule has 106 valence electrons. The number of hydrogen-bond acceptors (Lipinski definition) is 6. The Bertz CT molecular complexity index is 395. The number of hydrogen-bond donors (Lipinski definition) is 1. The molecule has 0 aliphatic rings. The summed E-state index contributed by atoms with van der Waals surface area (Å²) in [6.07, 6.45) is 4.27. The molecule has 0 aliphatic carbocycles. The van der Waals surface area contributed by atoms with Crippen LogP contribution in [0.1, 0.15) is 25.8 Å². The predicted molar refractivity (Wildman–Crippen MR) is 76.2 cm³/mol. The highest BCUT2D eigenvalue weighted by Gasteiger charge is 2.19. The van der Waals surface area contributed by atoms with Crippen LogP contribution in [0.5, 0.6) is 0 Å². The zero-order chi connectivity index (χ0) is 14.3. The smallest absolute Gasteiger partial charge is 0.322 e. The molecule has 0 radical (unpaired) electrons. The standard InChI is InChI=1S/C13H21N3O2S/c1-9(2)16-11(12(17)18-4)5-6-19-13-14-7-10(3)8-15-13/h7-9,11,16H,5-6H2,1-4H3. The number of ether oxygens (including phenoxy) is 1. The van der Waals surface area contributed by atoms with Crippen molar-refractivity contribution in [2.75, 3.05) is 12.9 Å². The lowest BCUT2D eigenvalue weighted by Crippen LogP contribution is -2.41. The zero-order valence-electron chi connectivity index (χ0n) is 11.8. The second kappa shape index (κ2) is 8.12. The molecule has 0 bridgehead atoms. The second-order valence-electron chi connectivity index (χ2n) is 4.58. The molecule has 0 aliphatic heterocycles. The number of carbonyl (C=O) groups excluding carboxylic acids is 1. The first-order chi connectivity index (χ1) is 9.02. The van der Waals surface area contributed by atoms with E-state index >= 15 is 0 Å². The monoisotopic (exact) mass is 283 g/mol. The van der Waals surface area contributed by atoms with Crippen molar-refractivity contribution in [1.29, 1.82) is 0 Å². The molecule has 5 nitrogen and oxygen atoms in total. The summed E-state index contributed by atoms with van der Waals surface area (Å²) in [4.78, 5) is 20.0. The van der Waals surface area contributed by atoms with E-state index in [9.17, 15) is 4.79 Å². The Kier molecular flexibility index (Phi) is 6.80. The first kappa shape index (κ1) is 15.9. The Balaban J connectivity index is 2.43. The largest absolute Gasteiger partial charge is 0.468 e. The first-order valence-corrected chi connectivity index (χ1v) is 7.26. The fraction of sp³-hybridized carbons (Fsp3) is 0.615. The molecule has 6 heteroatoms. The summed E-state index contributed by atoms with van der Waals surface area (Å²) in [6.45, 7) is 5.96. The minimum Gasteiger partial charge on any atom is -0.468 e. The quantitative estimate of drug-likeness (QED) is 0.468. The van der Waals surface area contributed by atoms with E-state index in [4.69, 9.17) is 4.74 Å². The van der Waals surface area contributed by atoms with Crippen molar-refractivity contribution in [2.45, 2.75) is 44.4 Å². The number of nitrogens with one attached hydrogen (secondary N) is 1. The van der Waals surface area contributed by atoms with Gasteiger partial charge in [-0.05, 0) is 18.9 Å². The highest BCUT2D eigenvalue weighted by molar-refractivity contribution is 7.99. The van der Waals surface area contributed by atoms with Crippen molar-refractivity contribution in [2.24, 2.45) is 0 Å². The lowest BCUT2D eigenvalue weighted by molar-refractivity contribution is -0.143. The number of carbonyl (C=O) groups is 1. The van der Waals surface area contributed by atoms with Crippen molar-refractivity contribution in [3.63, 3.8) is 0 Å². The van der Waals surface area contributed by atoms with Crippen LogP contribution >= 0.6 is 11.8 Å². The van der Waals surface area contributed by atoms with Crippen LogP contribution in [0.2, 0.25) is 0 Å². The highest BCUT2D eigenvalue weighted by Crippen LogP contribution is 2.14. The number of methoxy groups -OCH3 is 1. The average Bonchev–Trinajstić information content (AvgIpc) is 2.38. The van der Waals surface area contributed by atoms with E-state index in [1.165, 1.54) is 7.11 Å². The zero-order valence-corrected chi connectivity index (χ0v) is 12.7. The summed E-state index contributed by atoms with van der Waals surface area (Å²) >= 11 is 1.54. The van der Waals surface area contributed by atoms with Crippen molar-refractivity contribution in [1.82, 2.24) is 15.3 Å². The van der Waals surface area contributed by atoms with Crippen molar-refractivity contribution >= 4 is 17.7 Å². The maximum Gasteiger partial charge on any atom is 0.322 e. The number of nitrogens with zero attached hydrogens (tertiary/aromatic N) is 2. The Labute approximate surface area is 118 Å². The average molecular weight is 283 g/mol. The molecule has 1 N–H and O–H groups in total. The molecule has 1 heterocycles. The Morgan fingerprint density at radius 1 is 1.42 bits per heavy atom. The molecule has 0 spiro atoms. The van der Waals surface area contributed by atoms with Crippen LogP contribution in [0, 0.1) is 6.92 Å². The summed E-state index contributed by atoms with van der Waals surface area (Å²) in [5, 5.41) is 3.93. The van der Waals surface area contributed by atoms with Crippen LogP contribution in [-0.2, 0) is 9.53 Å². The Hall–Kier alpha value is -1.14. The van der Waals surface area contributed by atoms with Gasteiger partial charge in [-0.2, -0.15) is 0 Å². The molecule has 0 aromatic carbocycles. The second-order valence-corrected chi connectivity index (χ2v) is 5.64. The highest BCUT2D eigenvalue weighted by atomic mass is 32.2.